The Labute approximate surface area is 116 Å². The summed E-state index contributed by atoms with van der Waals surface area (Å²) in [5, 5.41) is 19.0. The van der Waals surface area contributed by atoms with Crippen LogP contribution in [0.25, 0.3) is 0 Å². The molecule has 0 spiro atoms. The van der Waals surface area contributed by atoms with E-state index in [1.807, 2.05) is 13.8 Å². The zero-order valence-electron chi connectivity index (χ0n) is 11.4. The third-order valence-corrected chi connectivity index (χ3v) is 3.23. The number of aliphatic hydroxyl groups excluding tert-OH is 2. The van der Waals surface area contributed by atoms with E-state index < -0.39 is 18.1 Å². The first-order valence-electron chi connectivity index (χ1n) is 6.43. The minimum absolute atomic E-state index is 0.0723. The maximum atomic E-state index is 12.4. The van der Waals surface area contributed by atoms with E-state index in [1.54, 1.807) is 0 Å². The molecular weight excluding hydrogens is 262 g/mol. The van der Waals surface area contributed by atoms with Crippen molar-refractivity contribution in [1.29, 1.82) is 0 Å². The van der Waals surface area contributed by atoms with Gasteiger partial charge in [-0.25, -0.2) is 9.97 Å². The summed E-state index contributed by atoms with van der Waals surface area (Å²) in [5.74, 6) is 5.58. The van der Waals surface area contributed by atoms with Gasteiger partial charge in [0.2, 0.25) is 0 Å². The van der Waals surface area contributed by atoms with E-state index in [-0.39, 0.29) is 24.7 Å². The highest BCUT2D eigenvalue weighted by Crippen LogP contribution is 2.20. The van der Waals surface area contributed by atoms with Crippen molar-refractivity contribution >= 4 is 11.6 Å². The quantitative estimate of drug-likeness (QED) is 0.416. The molecule has 0 saturated carbocycles. The molecule has 1 aromatic heterocycles. The summed E-state index contributed by atoms with van der Waals surface area (Å²) in [7, 11) is 0. The fraction of sp³-hybridized carbons (Fsp3) is 0.583. The Morgan fingerprint density at radius 1 is 1.45 bits per heavy atom. The number of rotatable bonds is 3. The van der Waals surface area contributed by atoms with Gasteiger partial charge < -0.3 is 20.5 Å². The van der Waals surface area contributed by atoms with E-state index in [1.165, 1.54) is 11.1 Å². The Morgan fingerprint density at radius 3 is 2.55 bits per heavy atom. The van der Waals surface area contributed by atoms with Crippen molar-refractivity contribution < 1.29 is 15.0 Å². The van der Waals surface area contributed by atoms with Crippen LogP contribution in [-0.4, -0.2) is 56.3 Å². The molecule has 8 heteroatoms. The molecule has 1 aliphatic heterocycles. The van der Waals surface area contributed by atoms with Crippen molar-refractivity contribution in [3.63, 3.8) is 0 Å². The summed E-state index contributed by atoms with van der Waals surface area (Å²) in [6, 6.07) is 0. The van der Waals surface area contributed by atoms with Crippen LogP contribution in [0.5, 0.6) is 0 Å². The number of hydrogen-bond acceptors (Lipinski definition) is 7. The Balaban J connectivity index is 2.30. The van der Waals surface area contributed by atoms with Gasteiger partial charge in [0.1, 0.15) is 5.82 Å². The number of hydrogen-bond donors (Lipinski definition) is 4. The summed E-state index contributed by atoms with van der Waals surface area (Å²) in [5.41, 5.74) is 2.85. The lowest BCUT2D eigenvalue weighted by atomic mass is 10.2. The number of nitrogens with two attached hydrogens (primary N) is 1. The molecule has 2 heterocycles. The molecule has 20 heavy (non-hydrogen) atoms. The topological polar surface area (TPSA) is 125 Å². The normalized spacial score (nSPS) is 22.4. The zero-order valence-corrected chi connectivity index (χ0v) is 11.4. The second-order valence-corrected chi connectivity index (χ2v) is 5.13. The number of nitrogens with one attached hydrogen (secondary N) is 1. The van der Waals surface area contributed by atoms with Gasteiger partial charge in [0.15, 0.2) is 5.69 Å². The number of likely N-dealkylation sites (tertiary alicyclic amines) is 1. The van der Waals surface area contributed by atoms with Gasteiger partial charge in [0.25, 0.3) is 5.91 Å². The number of nitrogens with zero attached hydrogens (tertiary/aromatic N) is 3. The number of hydrazine groups is 1. The van der Waals surface area contributed by atoms with Crippen LogP contribution < -0.4 is 11.3 Å². The highest BCUT2D eigenvalue weighted by Gasteiger charge is 2.34. The number of anilines is 1. The smallest absolute Gasteiger partial charge is 0.274 e. The lowest BCUT2D eigenvalue weighted by Gasteiger charge is -2.17. The largest absolute Gasteiger partial charge is 0.388 e. The minimum atomic E-state index is -0.931. The molecule has 0 aliphatic carbocycles. The van der Waals surface area contributed by atoms with Crippen molar-refractivity contribution in [2.45, 2.75) is 32.0 Å². The zero-order chi connectivity index (χ0) is 14.9. The van der Waals surface area contributed by atoms with Crippen molar-refractivity contribution in [1.82, 2.24) is 14.9 Å². The van der Waals surface area contributed by atoms with Gasteiger partial charge >= 0.3 is 0 Å². The lowest BCUT2D eigenvalue weighted by Crippen LogP contribution is -2.32. The molecule has 110 valence electrons. The summed E-state index contributed by atoms with van der Waals surface area (Å²) < 4.78 is 0. The van der Waals surface area contributed by atoms with Gasteiger partial charge in [0, 0.05) is 19.0 Å². The molecular formula is C12H19N5O3. The Bertz CT molecular complexity index is 498. The Hall–Kier alpha value is -1.77. The summed E-state index contributed by atoms with van der Waals surface area (Å²) in [6.07, 6.45) is -0.405. The maximum Gasteiger partial charge on any atom is 0.274 e. The van der Waals surface area contributed by atoms with Gasteiger partial charge in [-0.3, -0.25) is 10.6 Å². The Morgan fingerprint density at radius 2 is 2.05 bits per heavy atom. The second-order valence-electron chi connectivity index (χ2n) is 5.13. The highest BCUT2D eigenvalue weighted by atomic mass is 16.3. The highest BCUT2D eigenvalue weighted by molar-refractivity contribution is 5.97. The lowest BCUT2D eigenvalue weighted by molar-refractivity contribution is 0.0572. The third kappa shape index (κ3) is 2.72. The summed E-state index contributed by atoms with van der Waals surface area (Å²) in [4.78, 5) is 22.1. The van der Waals surface area contributed by atoms with Gasteiger partial charge in [-0.15, -0.1) is 0 Å². The molecule has 1 aromatic rings. The molecule has 1 aliphatic rings. The van der Waals surface area contributed by atoms with Gasteiger partial charge in [0.05, 0.1) is 24.1 Å². The van der Waals surface area contributed by atoms with Crippen LogP contribution in [-0.2, 0) is 0 Å². The molecule has 2 rings (SSSR count). The third-order valence-electron chi connectivity index (χ3n) is 3.23. The van der Waals surface area contributed by atoms with Crippen LogP contribution in [0, 0.1) is 0 Å². The second kappa shape index (κ2) is 5.70. The number of aromatic nitrogens is 2. The number of carbonyl (C=O) groups is 1. The van der Waals surface area contributed by atoms with Crippen molar-refractivity contribution in [3.8, 4) is 0 Å². The summed E-state index contributed by atoms with van der Waals surface area (Å²) >= 11 is 0. The van der Waals surface area contributed by atoms with Crippen LogP contribution in [0.3, 0.4) is 0 Å². The molecule has 1 fully saturated rings. The molecule has 0 radical (unpaired) electrons. The SMILES string of the molecule is CC(C)c1ncc(NN)c(C(=O)N2CC(O)C(O)C2)n1. The van der Waals surface area contributed by atoms with Gasteiger partial charge in [-0.1, -0.05) is 13.8 Å². The van der Waals surface area contributed by atoms with Crippen LogP contribution in [0.4, 0.5) is 5.69 Å². The van der Waals surface area contributed by atoms with E-state index in [0.717, 1.165) is 0 Å². The molecule has 0 aromatic carbocycles. The Kier molecular flexibility index (Phi) is 4.17. The molecule has 1 amide bonds. The molecule has 2 atom stereocenters. The van der Waals surface area contributed by atoms with Crippen LogP contribution >= 0.6 is 0 Å². The number of amides is 1. The van der Waals surface area contributed by atoms with Crippen LogP contribution in [0.2, 0.25) is 0 Å². The number of aliphatic hydroxyl groups is 2. The minimum Gasteiger partial charge on any atom is -0.388 e. The van der Waals surface area contributed by atoms with Crippen LogP contribution in [0.15, 0.2) is 6.20 Å². The van der Waals surface area contributed by atoms with E-state index >= 15 is 0 Å². The number of carbonyl (C=O) groups excluding carboxylic acids is 1. The van der Waals surface area contributed by atoms with Gasteiger partial charge in [-0.2, -0.15) is 0 Å². The van der Waals surface area contributed by atoms with Crippen molar-refractivity contribution in [2.24, 2.45) is 5.84 Å². The molecule has 1 saturated heterocycles. The molecule has 8 nitrogen and oxygen atoms in total. The van der Waals surface area contributed by atoms with E-state index in [4.69, 9.17) is 5.84 Å². The first-order valence-corrected chi connectivity index (χ1v) is 6.43. The average Bonchev–Trinajstić information content (AvgIpc) is 2.77. The van der Waals surface area contributed by atoms with E-state index in [9.17, 15) is 15.0 Å². The molecule has 2 unspecified atom stereocenters. The predicted octanol–water partition coefficient (Wildman–Crippen LogP) is -0.937. The first kappa shape index (κ1) is 14.6. The van der Waals surface area contributed by atoms with Crippen LogP contribution in [0.1, 0.15) is 36.1 Å². The maximum absolute atomic E-state index is 12.4. The predicted molar refractivity (Wildman–Crippen MR) is 71.8 cm³/mol. The fourth-order valence-corrected chi connectivity index (χ4v) is 2.03. The average molecular weight is 281 g/mol. The van der Waals surface area contributed by atoms with Crippen molar-refractivity contribution in [3.05, 3.63) is 17.7 Å². The van der Waals surface area contributed by atoms with Gasteiger partial charge in [-0.05, 0) is 0 Å². The summed E-state index contributed by atoms with van der Waals surface area (Å²) in [6.45, 7) is 3.99. The molecule has 5 N–H and O–H groups in total. The molecule has 0 bridgehead atoms. The monoisotopic (exact) mass is 281 g/mol. The first-order chi connectivity index (χ1) is 9.43. The standard InChI is InChI=1S/C12H19N5O3/c1-6(2)11-14-3-7(16-13)10(15-11)12(20)17-4-8(18)9(19)5-17/h3,6,8-9,16,18-19H,4-5,13H2,1-2H3. The number of nitrogen functional groups attached to an aromatic ring is 1. The van der Waals surface area contributed by atoms with E-state index in [0.29, 0.717) is 11.5 Å². The fourth-order valence-electron chi connectivity index (χ4n) is 2.03. The van der Waals surface area contributed by atoms with Crippen molar-refractivity contribution in [2.75, 3.05) is 18.5 Å². The number of β-amino-alcohol motifs (C(OH)–C–C–N with tert-alkyl or cyclic N) is 2. The van der Waals surface area contributed by atoms with E-state index in [2.05, 4.69) is 15.4 Å².